The van der Waals surface area contributed by atoms with E-state index in [2.05, 4.69) is 9.72 Å². The maximum absolute atomic E-state index is 12.9. The summed E-state index contributed by atoms with van der Waals surface area (Å²) in [7, 11) is 2.87. The monoisotopic (exact) mass is 324 g/mol. The molecular formula is C18H16N2O4. The molecule has 0 bridgehead atoms. The van der Waals surface area contributed by atoms with Crippen molar-refractivity contribution in [3.8, 4) is 11.4 Å². The van der Waals surface area contributed by atoms with Crippen molar-refractivity contribution in [2.45, 2.75) is 6.92 Å². The Kier molecular flexibility index (Phi) is 4.04. The summed E-state index contributed by atoms with van der Waals surface area (Å²) >= 11 is 0. The number of hydrogen-bond donors (Lipinski definition) is 0. The molecule has 0 aliphatic carbocycles. The topological polar surface area (TPSA) is 70.4 Å². The number of aromatic nitrogens is 2. The van der Waals surface area contributed by atoms with Gasteiger partial charge < -0.3 is 9.47 Å². The molecule has 1 aromatic heterocycles. The first-order valence-electron chi connectivity index (χ1n) is 7.31. The molecule has 0 aliphatic rings. The molecule has 0 amide bonds. The van der Waals surface area contributed by atoms with Crippen molar-refractivity contribution in [2.24, 2.45) is 0 Å². The summed E-state index contributed by atoms with van der Waals surface area (Å²) in [5.41, 5.74) is 1.47. The van der Waals surface area contributed by atoms with E-state index >= 15 is 0 Å². The van der Waals surface area contributed by atoms with Crippen molar-refractivity contribution in [3.05, 3.63) is 64.2 Å². The molecule has 0 fully saturated rings. The number of carbonyl (C=O) groups is 1. The van der Waals surface area contributed by atoms with Crippen molar-refractivity contribution in [2.75, 3.05) is 14.2 Å². The van der Waals surface area contributed by atoms with Gasteiger partial charge in [-0.1, -0.05) is 0 Å². The smallest absolute Gasteiger partial charge is 0.337 e. The lowest BCUT2D eigenvalue weighted by Gasteiger charge is -2.12. The van der Waals surface area contributed by atoms with Crippen molar-refractivity contribution in [1.29, 1.82) is 0 Å². The van der Waals surface area contributed by atoms with Crippen LogP contribution in [0.5, 0.6) is 5.75 Å². The number of hydrogen-bond acceptors (Lipinski definition) is 5. The van der Waals surface area contributed by atoms with Gasteiger partial charge in [-0.15, -0.1) is 0 Å². The van der Waals surface area contributed by atoms with Gasteiger partial charge in [-0.05, 0) is 49.4 Å². The highest BCUT2D eigenvalue weighted by Crippen LogP contribution is 2.18. The molecule has 0 radical (unpaired) electrons. The Morgan fingerprint density at radius 3 is 2.42 bits per heavy atom. The van der Waals surface area contributed by atoms with Gasteiger partial charge in [0, 0.05) is 0 Å². The van der Waals surface area contributed by atoms with Crippen molar-refractivity contribution < 1.29 is 14.3 Å². The molecule has 0 atom stereocenters. The standard InChI is InChI=1S/C18H16N2O4/c1-11-19-16-9-8-14(23-2)10-15(16)17(21)20(11)13-6-4-12(5-7-13)18(22)24-3/h4-10H,1-3H3. The number of aryl methyl sites for hydroxylation is 1. The lowest BCUT2D eigenvalue weighted by atomic mass is 10.2. The van der Waals surface area contributed by atoms with E-state index in [-0.39, 0.29) is 5.56 Å². The summed E-state index contributed by atoms with van der Waals surface area (Å²) in [6.07, 6.45) is 0. The Labute approximate surface area is 138 Å². The Balaban J connectivity index is 2.18. The number of benzene rings is 2. The Morgan fingerprint density at radius 1 is 1.08 bits per heavy atom. The first-order chi connectivity index (χ1) is 11.5. The highest BCUT2D eigenvalue weighted by Gasteiger charge is 2.12. The number of carbonyl (C=O) groups excluding carboxylic acids is 1. The predicted molar refractivity (Wildman–Crippen MR) is 90.0 cm³/mol. The molecule has 6 nitrogen and oxygen atoms in total. The summed E-state index contributed by atoms with van der Waals surface area (Å²) in [5, 5.41) is 0.469. The van der Waals surface area contributed by atoms with Gasteiger partial charge in [0.1, 0.15) is 11.6 Å². The Morgan fingerprint density at radius 2 is 1.79 bits per heavy atom. The van der Waals surface area contributed by atoms with Gasteiger partial charge in [0.2, 0.25) is 0 Å². The zero-order valence-corrected chi connectivity index (χ0v) is 13.6. The van der Waals surface area contributed by atoms with Crippen LogP contribution in [0.25, 0.3) is 16.6 Å². The van der Waals surface area contributed by atoms with Crippen LogP contribution >= 0.6 is 0 Å². The van der Waals surface area contributed by atoms with Crippen LogP contribution in [0.1, 0.15) is 16.2 Å². The minimum atomic E-state index is -0.424. The van der Waals surface area contributed by atoms with Gasteiger partial charge >= 0.3 is 5.97 Å². The third kappa shape index (κ3) is 2.62. The van der Waals surface area contributed by atoms with Crippen LogP contribution in [0.15, 0.2) is 47.3 Å². The number of ether oxygens (including phenoxy) is 2. The summed E-state index contributed by atoms with van der Waals surface area (Å²) < 4.78 is 11.4. The van der Waals surface area contributed by atoms with Crippen LogP contribution < -0.4 is 10.3 Å². The molecule has 3 rings (SSSR count). The molecule has 3 aromatic rings. The number of nitrogens with zero attached hydrogens (tertiary/aromatic N) is 2. The van der Waals surface area contributed by atoms with Gasteiger partial charge in [0.15, 0.2) is 0 Å². The van der Waals surface area contributed by atoms with Gasteiger partial charge in [-0.3, -0.25) is 9.36 Å². The van der Waals surface area contributed by atoms with Gasteiger partial charge in [0.05, 0.1) is 36.4 Å². The molecule has 0 saturated carbocycles. The number of fused-ring (bicyclic) bond motifs is 1. The van der Waals surface area contributed by atoms with E-state index in [4.69, 9.17) is 4.74 Å². The second-order valence-corrected chi connectivity index (χ2v) is 5.22. The SMILES string of the molecule is COC(=O)c1ccc(-n2c(C)nc3ccc(OC)cc3c2=O)cc1. The largest absolute Gasteiger partial charge is 0.497 e. The predicted octanol–water partition coefficient (Wildman–Crippen LogP) is 2.49. The summed E-state index contributed by atoms with van der Waals surface area (Å²) in [5.74, 6) is 0.730. The molecule has 0 N–H and O–H groups in total. The molecule has 24 heavy (non-hydrogen) atoms. The van der Waals surface area contributed by atoms with Crippen LogP contribution in [0.3, 0.4) is 0 Å². The van der Waals surface area contributed by atoms with E-state index in [1.54, 1.807) is 56.5 Å². The minimum absolute atomic E-state index is 0.192. The number of methoxy groups -OCH3 is 2. The lowest BCUT2D eigenvalue weighted by molar-refractivity contribution is 0.0601. The minimum Gasteiger partial charge on any atom is -0.497 e. The first-order valence-corrected chi connectivity index (χ1v) is 7.31. The van der Waals surface area contributed by atoms with Gasteiger partial charge in [-0.2, -0.15) is 0 Å². The van der Waals surface area contributed by atoms with Crippen LogP contribution in [-0.4, -0.2) is 29.7 Å². The molecule has 1 heterocycles. The lowest BCUT2D eigenvalue weighted by Crippen LogP contribution is -2.22. The fourth-order valence-electron chi connectivity index (χ4n) is 2.57. The highest BCUT2D eigenvalue weighted by atomic mass is 16.5. The van der Waals surface area contributed by atoms with E-state index in [1.807, 2.05) is 0 Å². The quantitative estimate of drug-likeness (QED) is 0.692. The summed E-state index contributed by atoms with van der Waals surface area (Å²) in [4.78, 5) is 28.9. The van der Waals surface area contributed by atoms with Crippen molar-refractivity contribution >= 4 is 16.9 Å². The molecule has 122 valence electrons. The maximum Gasteiger partial charge on any atom is 0.337 e. The molecular weight excluding hydrogens is 308 g/mol. The molecule has 0 aliphatic heterocycles. The van der Waals surface area contributed by atoms with Crippen molar-refractivity contribution in [1.82, 2.24) is 9.55 Å². The number of esters is 1. The Bertz CT molecular complexity index is 975. The van der Waals surface area contributed by atoms with E-state index in [9.17, 15) is 9.59 Å². The summed E-state index contributed by atoms with van der Waals surface area (Å²) in [6.45, 7) is 1.76. The van der Waals surface area contributed by atoms with Crippen LogP contribution in [-0.2, 0) is 4.74 Å². The van der Waals surface area contributed by atoms with Crippen LogP contribution in [0.4, 0.5) is 0 Å². The van der Waals surface area contributed by atoms with E-state index in [0.29, 0.717) is 33.7 Å². The van der Waals surface area contributed by atoms with Crippen molar-refractivity contribution in [3.63, 3.8) is 0 Å². The highest BCUT2D eigenvalue weighted by molar-refractivity contribution is 5.89. The average molecular weight is 324 g/mol. The third-order valence-corrected chi connectivity index (χ3v) is 3.79. The summed E-state index contributed by atoms with van der Waals surface area (Å²) in [6, 6.07) is 11.8. The number of rotatable bonds is 3. The molecule has 6 heteroatoms. The van der Waals surface area contributed by atoms with E-state index in [1.165, 1.54) is 11.7 Å². The molecule has 0 unspecified atom stereocenters. The molecule has 2 aromatic carbocycles. The van der Waals surface area contributed by atoms with Crippen LogP contribution in [0.2, 0.25) is 0 Å². The molecule has 0 saturated heterocycles. The zero-order valence-electron chi connectivity index (χ0n) is 13.6. The maximum atomic E-state index is 12.9. The third-order valence-electron chi connectivity index (χ3n) is 3.79. The fraction of sp³-hybridized carbons (Fsp3) is 0.167. The second-order valence-electron chi connectivity index (χ2n) is 5.22. The van der Waals surface area contributed by atoms with E-state index in [0.717, 1.165) is 0 Å². The fourth-order valence-corrected chi connectivity index (χ4v) is 2.57. The van der Waals surface area contributed by atoms with Gasteiger partial charge in [0.25, 0.3) is 5.56 Å². The van der Waals surface area contributed by atoms with Gasteiger partial charge in [-0.25, -0.2) is 9.78 Å². The Hall–Kier alpha value is -3.15. The zero-order chi connectivity index (χ0) is 17.3. The van der Waals surface area contributed by atoms with E-state index < -0.39 is 5.97 Å². The normalized spacial score (nSPS) is 10.6. The second kappa shape index (κ2) is 6.16. The molecule has 0 spiro atoms. The first kappa shape index (κ1) is 15.7. The average Bonchev–Trinajstić information content (AvgIpc) is 2.61. The van der Waals surface area contributed by atoms with Crippen LogP contribution in [0, 0.1) is 6.92 Å².